The van der Waals surface area contributed by atoms with Crippen molar-refractivity contribution in [3.63, 3.8) is 0 Å². The molecule has 1 aliphatic heterocycles. The molecule has 4 aromatic rings. The molecule has 0 saturated heterocycles. The maximum atomic E-state index is 14.2. The van der Waals surface area contributed by atoms with Crippen LogP contribution in [0.25, 0.3) is 5.65 Å². The zero-order valence-corrected chi connectivity index (χ0v) is 27.9. The molecule has 5 rings (SSSR count). The van der Waals surface area contributed by atoms with Crippen molar-refractivity contribution in [1.29, 1.82) is 0 Å². The highest BCUT2D eigenvalue weighted by Crippen LogP contribution is 2.38. The Bertz CT molecular complexity index is 1900. The molecule has 1 aromatic carbocycles. The fraction of sp³-hybridized carbons (Fsp3) is 0.438. The number of pyridine rings is 2. The maximum Gasteiger partial charge on any atom is 0.452 e. The molecule has 3 aromatic heterocycles. The number of aryl methyl sites for hydroxylation is 1. The van der Waals surface area contributed by atoms with E-state index in [1.54, 1.807) is 43.5 Å². The van der Waals surface area contributed by atoms with Crippen LogP contribution in [0.1, 0.15) is 74.0 Å². The summed E-state index contributed by atoms with van der Waals surface area (Å²) in [5.74, 6) is -2.63. The number of hydrogen-bond acceptors (Lipinski definition) is 7. The summed E-state index contributed by atoms with van der Waals surface area (Å²) in [5.41, 5.74) is 1.70. The Morgan fingerprint density at radius 3 is 2.57 bits per heavy atom. The van der Waals surface area contributed by atoms with Crippen molar-refractivity contribution < 1.29 is 31.5 Å². The number of fused-ring (bicyclic) bond motifs is 2. The van der Waals surface area contributed by atoms with Crippen LogP contribution < -0.4 is 4.90 Å². The van der Waals surface area contributed by atoms with Crippen LogP contribution in [0.5, 0.6) is 0 Å². The molecule has 0 radical (unpaired) electrons. The van der Waals surface area contributed by atoms with Crippen LogP contribution in [-0.4, -0.2) is 62.5 Å². The summed E-state index contributed by atoms with van der Waals surface area (Å²) in [4.78, 5) is 18.8. The first-order valence-electron chi connectivity index (χ1n) is 15.3. The van der Waals surface area contributed by atoms with Gasteiger partial charge in [-0.25, -0.2) is 13.4 Å². The van der Waals surface area contributed by atoms with Gasteiger partial charge in [0, 0.05) is 49.0 Å². The average molecular weight is 693 g/mol. The lowest BCUT2D eigenvalue weighted by Gasteiger charge is -2.35. The van der Waals surface area contributed by atoms with Gasteiger partial charge in [-0.2, -0.15) is 17.5 Å². The number of halogens is 4. The van der Waals surface area contributed by atoms with Crippen LogP contribution in [-0.2, 0) is 27.5 Å². The molecule has 4 heterocycles. The maximum absolute atomic E-state index is 14.2. The van der Waals surface area contributed by atoms with Crippen molar-refractivity contribution in [2.45, 2.75) is 76.5 Å². The van der Waals surface area contributed by atoms with Gasteiger partial charge in [-0.15, -0.1) is 10.2 Å². The van der Waals surface area contributed by atoms with Crippen LogP contribution in [0, 0.1) is 12.8 Å². The van der Waals surface area contributed by atoms with Crippen molar-refractivity contribution in [1.82, 2.24) is 23.9 Å². The van der Waals surface area contributed by atoms with E-state index in [0.717, 1.165) is 17.2 Å². The third kappa shape index (κ3) is 6.81. The van der Waals surface area contributed by atoms with E-state index in [2.05, 4.69) is 27.0 Å². The number of unbranched alkanes of at least 4 members (excludes halogenated alkanes) is 1. The number of aromatic nitrogens is 4. The molecular formula is C32H36ClF3N6O4S. The Labute approximate surface area is 276 Å². The van der Waals surface area contributed by atoms with E-state index < -0.39 is 33.9 Å². The molecule has 0 saturated carbocycles. The number of nitrogens with zero attached hydrogens (tertiary/aromatic N) is 6. The Balaban J connectivity index is 1.58. The number of carboxylic acids is 1. The van der Waals surface area contributed by atoms with Crippen molar-refractivity contribution in [2.75, 3.05) is 18.0 Å². The number of aliphatic carboxylic acids is 1. The summed E-state index contributed by atoms with van der Waals surface area (Å²) in [6, 6.07) is 9.31. The highest BCUT2D eigenvalue weighted by Gasteiger charge is 2.40. The van der Waals surface area contributed by atoms with Crippen LogP contribution in [0.15, 0.2) is 53.7 Å². The van der Waals surface area contributed by atoms with Gasteiger partial charge in [-0.1, -0.05) is 50.9 Å². The predicted molar refractivity (Wildman–Crippen MR) is 171 cm³/mol. The van der Waals surface area contributed by atoms with Crippen LogP contribution >= 0.6 is 11.6 Å². The number of carbonyl (C=O) groups is 1. The molecule has 2 atom stereocenters. The minimum Gasteiger partial charge on any atom is -0.481 e. The highest BCUT2D eigenvalue weighted by molar-refractivity contribution is 7.89. The number of carboxylic acid groups (broad SMARTS) is 1. The summed E-state index contributed by atoms with van der Waals surface area (Å²) >= 11 is 6.67. The second-order valence-corrected chi connectivity index (χ2v) is 14.4. The quantitative estimate of drug-likeness (QED) is 0.199. The fourth-order valence-electron chi connectivity index (χ4n) is 6.19. The van der Waals surface area contributed by atoms with Gasteiger partial charge in [0.15, 0.2) is 5.65 Å². The Hall–Kier alpha value is -3.75. The number of hydrogen-bond donors (Lipinski definition) is 1. The van der Waals surface area contributed by atoms with Gasteiger partial charge in [0.1, 0.15) is 10.7 Å². The van der Waals surface area contributed by atoms with Crippen LogP contribution in [0.2, 0.25) is 5.02 Å². The van der Waals surface area contributed by atoms with Crippen molar-refractivity contribution in [3.05, 3.63) is 81.9 Å². The fourth-order valence-corrected chi connectivity index (χ4v) is 7.96. The Morgan fingerprint density at radius 1 is 1.17 bits per heavy atom. The molecule has 0 bridgehead atoms. The van der Waals surface area contributed by atoms with Gasteiger partial charge < -0.3 is 10.0 Å². The minimum absolute atomic E-state index is 0.0466. The monoisotopic (exact) mass is 692 g/mol. The lowest BCUT2D eigenvalue weighted by atomic mass is 9.86. The number of rotatable bonds is 10. The number of alkyl halides is 3. The topological polar surface area (TPSA) is 121 Å². The third-order valence-corrected chi connectivity index (χ3v) is 10.8. The van der Waals surface area contributed by atoms with Crippen molar-refractivity contribution in [2.24, 2.45) is 5.92 Å². The third-order valence-electron chi connectivity index (χ3n) is 8.65. The molecule has 15 heteroatoms. The molecule has 0 spiro atoms. The van der Waals surface area contributed by atoms with Gasteiger partial charge in [-0.3, -0.25) is 9.20 Å². The number of sulfonamides is 1. The zero-order valence-electron chi connectivity index (χ0n) is 26.4. The normalized spacial score (nSPS) is 17.6. The molecule has 10 nitrogen and oxygen atoms in total. The molecular weight excluding hydrogens is 657 g/mol. The van der Waals surface area contributed by atoms with E-state index in [9.17, 15) is 31.5 Å². The Morgan fingerprint density at radius 2 is 1.91 bits per heavy atom. The molecule has 47 heavy (non-hydrogen) atoms. The largest absolute Gasteiger partial charge is 0.481 e. The van der Waals surface area contributed by atoms with Gasteiger partial charge >= 0.3 is 12.1 Å². The molecule has 1 aliphatic rings. The van der Waals surface area contributed by atoms with Gasteiger partial charge in [-0.05, 0) is 65.8 Å². The lowest BCUT2D eigenvalue weighted by Crippen LogP contribution is -2.46. The first-order valence-corrected chi connectivity index (χ1v) is 17.1. The predicted octanol–water partition coefficient (Wildman–Crippen LogP) is 6.55. The van der Waals surface area contributed by atoms with Crippen LogP contribution in [0.4, 0.5) is 19.0 Å². The minimum atomic E-state index is -4.73. The molecule has 0 fully saturated rings. The second-order valence-electron chi connectivity index (χ2n) is 12.1. The number of benzene rings is 1. The van der Waals surface area contributed by atoms with Crippen LogP contribution in [0.3, 0.4) is 0 Å². The first kappa shape index (κ1) is 34.6. The van der Waals surface area contributed by atoms with E-state index in [-0.39, 0.29) is 47.0 Å². The second kappa shape index (κ2) is 13.4. The van der Waals surface area contributed by atoms with E-state index in [0.29, 0.717) is 34.6 Å². The number of anilines is 1. The smallest absolute Gasteiger partial charge is 0.452 e. The summed E-state index contributed by atoms with van der Waals surface area (Å²) in [7, 11) is -4.04. The van der Waals surface area contributed by atoms with E-state index in [1.165, 1.54) is 16.6 Å². The molecule has 1 N–H and O–H groups in total. The SMILES string of the molecule is CCCCN1c2ncccc2S(=O)(=O)N(Cc2cc([C@H](CC(=O)O)c3ccn4c(C(F)(F)F)nnc4c3C)ccc2Cl)C[C@@H]1C(C)C. The van der Waals surface area contributed by atoms with Gasteiger partial charge in [0.05, 0.1) is 6.42 Å². The highest BCUT2D eigenvalue weighted by atomic mass is 35.5. The van der Waals surface area contributed by atoms with Gasteiger partial charge in [0.25, 0.3) is 0 Å². The van der Waals surface area contributed by atoms with E-state index >= 15 is 0 Å². The Kier molecular flexibility index (Phi) is 9.86. The summed E-state index contributed by atoms with van der Waals surface area (Å²) in [6.07, 6.45) is -0.571. The zero-order chi connectivity index (χ0) is 34.3. The lowest BCUT2D eigenvalue weighted by molar-refractivity contribution is -0.145. The molecule has 0 amide bonds. The standard InChI is InChI=1S/C32H36ClF3N6O4S/c1-5-6-13-41-26(19(2)3)18-40(47(45,46)27-8-7-12-37-30(27)41)17-22-15-21(9-10-25(22)33)24(16-28(43)44)23-11-14-42-29(20(23)4)38-39-31(42)32(34,35)36/h7-12,14-15,19,24,26H,5-6,13,16-18H2,1-4H3,(H,43,44)/t24-,26+/m0/s1. The average Bonchev–Trinajstić information content (AvgIpc) is 3.43. The van der Waals surface area contributed by atoms with E-state index in [4.69, 9.17) is 11.6 Å². The van der Waals surface area contributed by atoms with Crippen molar-refractivity contribution in [3.8, 4) is 0 Å². The molecule has 252 valence electrons. The van der Waals surface area contributed by atoms with E-state index in [1.807, 2.05) is 13.8 Å². The van der Waals surface area contributed by atoms with Gasteiger partial charge in [0.2, 0.25) is 15.8 Å². The van der Waals surface area contributed by atoms with Crippen molar-refractivity contribution >= 4 is 39.1 Å². The first-order chi connectivity index (χ1) is 22.1. The molecule has 0 aliphatic carbocycles. The summed E-state index contributed by atoms with van der Waals surface area (Å²) in [5, 5.41) is 17.2. The summed E-state index contributed by atoms with van der Waals surface area (Å²) < 4.78 is 71.1. The molecule has 0 unspecified atom stereocenters. The summed E-state index contributed by atoms with van der Waals surface area (Å²) in [6.45, 7) is 8.44.